The number of pyridine rings is 1. The number of nitrogens with two attached hydrogens (primary N) is 1. The zero-order valence-corrected chi connectivity index (χ0v) is 16.4. The van der Waals surface area contributed by atoms with Gasteiger partial charge >= 0.3 is 0 Å². The Morgan fingerprint density at radius 1 is 1.14 bits per heavy atom. The van der Waals surface area contributed by atoms with Crippen molar-refractivity contribution in [1.82, 2.24) is 4.57 Å². The summed E-state index contributed by atoms with van der Waals surface area (Å²) in [7, 11) is 0. The highest BCUT2D eigenvalue weighted by molar-refractivity contribution is 6.35. The Labute approximate surface area is 170 Å². The van der Waals surface area contributed by atoms with Gasteiger partial charge in [0, 0.05) is 32.7 Å². The number of anilines is 1. The smallest absolute Gasteiger partial charge is 0.259 e. The van der Waals surface area contributed by atoms with E-state index in [2.05, 4.69) is 5.32 Å². The fraction of sp³-hybridized carbons (Fsp3) is 0.150. The third kappa shape index (κ3) is 4.03. The largest absolute Gasteiger partial charge is 0.368 e. The first-order valence-electron chi connectivity index (χ1n) is 8.45. The molecule has 8 heteroatoms. The first kappa shape index (κ1) is 19.9. The maximum Gasteiger partial charge on any atom is 0.259 e. The van der Waals surface area contributed by atoms with Crippen LogP contribution in [0.4, 0.5) is 5.69 Å². The van der Waals surface area contributed by atoms with E-state index >= 15 is 0 Å². The molecule has 2 amide bonds. The molecule has 0 aliphatic rings. The van der Waals surface area contributed by atoms with Crippen LogP contribution in [-0.2, 0) is 16.0 Å². The van der Waals surface area contributed by atoms with Gasteiger partial charge in [-0.3, -0.25) is 14.4 Å². The van der Waals surface area contributed by atoms with Crippen molar-refractivity contribution in [2.45, 2.75) is 19.4 Å². The molecule has 1 atom stereocenters. The van der Waals surface area contributed by atoms with Gasteiger partial charge in [0.2, 0.25) is 11.8 Å². The van der Waals surface area contributed by atoms with E-state index in [0.717, 1.165) is 0 Å². The molecule has 0 spiro atoms. The standard InChI is InChI=1S/C20H17Cl2N3O3/c1-11(19(23)27)25-8-7-14-15(20(25)28)3-2-4-17(14)24-18(26)9-12-5-6-13(21)10-16(12)22/h2-8,10-11H,9H2,1H3,(H2,23,27)(H,24,26). The van der Waals surface area contributed by atoms with E-state index < -0.39 is 11.9 Å². The number of nitrogens with zero attached hydrogens (tertiary/aromatic N) is 1. The van der Waals surface area contributed by atoms with Gasteiger partial charge < -0.3 is 15.6 Å². The minimum atomic E-state index is -0.776. The van der Waals surface area contributed by atoms with Crippen molar-refractivity contribution >= 4 is 51.5 Å². The van der Waals surface area contributed by atoms with Crippen molar-refractivity contribution in [2.24, 2.45) is 5.73 Å². The van der Waals surface area contributed by atoms with Crippen LogP contribution in [0.3, 0.4) is 0 Å². The second-order valence-electron chi connectivity index (χ2n) is 6.33. The number of primary amides is 1. The van der Waals surface area contributed by atoms with Gasteiger partial charge in [-0.1, -0.05) is 35.3 Å². The highest BCUT2D eigenvalue weighted by Gasteiger charge is 2.16. The number of hydrogen-bond acceptors (Lipinski definition) is 3. The van der Waals surface area contributed by atoms with Crippen LogP contribution in [0, 0.1) is 0 Å². The monoisotopic (exact) mass is 417 g/mol. The second-order valence-corrected chi connectivity index (χ2v) is 7.18. The quantitative estimate of drug-likeness (QED) is 0.664. The summed E-state index contributed by atoms with van der Waals surface area (Å²) >= 11 is 12.0. The van der Waals surface area contributed by atoms with Crippen LogP contribution in [0.15, 0.2) is 53.5 Å². The van der Waals surface area contributed by atoms with Crippen molar-refractivity contribution in [3.63, 3.8) is 0 Å². The SMILES string of the molecule is CC(C(N)=O)n1ccc2c(NC(=O)Cc3ccc(Cl)cc3Cl)cccc2c1=O. The van der Waals surface area contributed by atoms with Gasteiger partial charge in [0.1, 0.15) is 6.04 Å². The van der Waals surface area contributed by atoms with E-state index in [1.807, 2.05) is 0 Å². The molecule has 1 heterocycles. The molecule has 0 saturated heterocycles. The molecule has 0 aliphatic carbocycles. The molecule has 0 radical (unpaired) electrons. The van der Waals surface area contributed by atoms with Crippen molar-refractivity contribution in [3.8, 4) is 0 Å². The number of aromatic nitrogens is 1. The predicted octanol–water partition coefficient (Wildman–Crippen LogP) is 3.54. The van der Waals surface area contributed by atoms with Crippen molar-refractivity contribution < 1.29 is 9.59 Å². The molecule has 3 aromatic rings. The second kappa shape index (κ2) is 8.04. The number of benzene rings is 2. The van der Waals surface area contributed by atoms with Gasteiger partial charge in [-0.25, -0.2) is 0 Å². The molecule has 0 bridgehead atoms. The molecule has 144 valence electrons. The summed E-state index contributed by atoms with van der Waals surface area (Å²) < 4.78 is 1.27. The zero-order valence-electron chi connectivity index (χ0n) is 14.9. The number of nitrogens with one attached hydrogen (secondary N) is 1. The summed E-state index contributed by atoms with van der Waals surface area (Å²) in [4.78, 5) is 36.6. The Morgan fingerprint density at radius 3 is 2.57 bits per heavy atom. The number of halogens is 2. The molecule has 2 aromatic carbocycles. The fourth-order valence-electron chi connectivity index (χ4n) is 2.88. The highest BCUT2D eigenvalue weighted by Crippen LogP contribution is 2.24. The number of hydrogen-bond donors (Lipinski definition) is 2. The Kier molecular flexibility index (Phi) is 5.72. The van der Waals surface area contributed by atoms with Gasteiger partial charge in [0.15, 0.2) is 0 Å². The topological polar surface area (TPSA) is 94.2 Å². The average Bonchev–Trinajstić information content (AvgIpc) is 2.64. The minimum absolute atomic E-state index is 0.0577. The summed E-state index contributed by atoms with van der Waals surface area (Å²) in [6.07, 6.45) is 1.55. The van der Waals surface area contributed by atoms with E-state index in [4.69, 9.17) is 28.9 Å². The number of rotatable bonds is 5. The first-order valence-corrected chi connectivity index (χ1v) is 9.20. The fourth-order valence-corrected chi connectivity index (χ4v) is 3.35. The molecular formula is C20H17Cl2N3O3. The lowest BCUT2D eigenvalue weighted by atomic mass is 10.1. The van der Waals surface area contributed by atoms with E-state index in [1.54, 1.807) is 49.4 Å². The van der Waals surface area contributed by atoms with Crippen LogP contribution in [-0.4, -0.2) is 16.4 Å². The Bertz CT molecular complexity index is 1140. The first-order chi connectivity index (χ1) is 13.3. The molecule has 6 nitrogen and oxygen atoms in total. The van der Waals surface area contributed by atoms with Crippen LogP contribution in [0.2, 0.25) is 10.0 Å². The van der Waals surface area contributed by atoms with E-state index in [-0.39, 0.29) is 17.9 Å². The van der Waals surface area contributed by atoms with Crippen LogP contribution >= 0.6 is 23.2 Å². The van der Waals surface area contributed by atoms with Crippen LogP contribution in [0.25, 0.3) is 10.8 Å². The van der Waals surface area contributed by atoms with Gasteiger partial charge in [-0.15, -0.1) is 0 Å². The molecule has 1 aromatic heterocycles. The number of carbonyl (C=O) groups excluding carboxylic acids is 2. The van der Waals surface area contributed by atoms with Crippen LogP contribution < -0.4 is 16.6 Å². The lowest BCUT2D eigenvalue weighted by Gasteiger charge is -2.14. The maximum atomic E-state index is 12.7. The van der Waals surface area contributed by atoms with E-state index in [0.29, 0.717) is 32.1 Å². The van der Waals surface area contributed by atoms with Crippen LogP contribution in [0.1, 0.15) is 18.5 Å². The third-order valence-electron chi connectivity index (χ3n) is 4.44. The lowest BCUT2D eigenvalue weighted by Crippen LogP contribution is -2.31. The molecule has 0 saturated carbocycles. The summed E-state index contributed by atoms with van der Waals surface area (Å²) in [5.41, 5.74) is 6.07. The molecule has 3 rings (SSSR count). The summed E-state index contributed by atoms with van der Waals surface area (Å²) in [5.74, 6) is -0.892. The van der Waals surface area contributed by atoms with Crippen LogP contribution in [0.5, 0.6) is 0 Å². The molecule has 0 fully saturated rings. The van der Waals surface area contributed by atoms with Gasteiger partial charge in [0.25, 0.3) is 5.56 Å². The lowest BCUT2D eigenvalue weighted by molar-refractivity contribution is -0.120. The average molecular weight is 418 g/mol. The molecular weight excluding hydrogens is 401 g/mol. The highest BCUT2D eigenvalue weighted by atomic mass is 35.5. The summed E-state index contributed by atoms with van der Waals surface area (Å²) in [6.45, 7) is 1.55. The van der Waals surface area contributed by atoms with Crippen molar-refractivity contribution in [2.75, 3.05) is 5.32 Å². The maximum absolute atomic E-state index is 12.7. The number of carbonyl (C=O) groups is 2. The summed E-state index contributed by atoms with van der Waals surface area (Å²) in [6, 6.07) is 10.8. The summed E-state index contributed by atoms with van der Waals surface area (Å²) in [5, 5.41) is 4.64. The zero-order chi connectivity index (χ0) is 20.4. The minimum Gasteiger partial charge on any atom is -0.368 e. The number of amides is 2. The van der Waals surface area contributed by atoms with E-state index in [1.165, 1.54) is 10.8 Å². The Hall–Kier alpha value is -2.83. The van der Waals surface area contributed by atoms with Gasteiger partial charge in [-0.2, -0.15) is 0 Å². The van der Waals surface area contributed by atoms with Crippen molar-refractivity contribution in [1.29, 1.82) is 0 Å². The Morgan fingerprint density at radius 2 is 1.89 bits per heavy atom. The van der Waals surface area contributed by atoms with Crippen molar-refractivity contribution in [3.05, 3.63) is 74.6 Å². The molecule has 1 unspecified atom stereocenters. The third-order valence-corrected chi connectivity index (χ3v) is 5.03. The Balaban J connectivity index is 1.91. The van der Waals surface area contributed by atoms with Gasteiger partial charge in [-0.05, 0) is 42.8 Å². The van der Waals surface area contributed by atoms with E-state index in [9.17, 15) is 14.4 Å². The molecule has 28 heavy (non-hydrogen) atoms. The molecule has 0 aliphatic heterocycles. The predicted molar refractivity (Wildman–Crippen MR) is 111 cm³/mol. The molecule has 3 N–H and O–H groups in total. The normalized spacial score (nSPS) is 12.0. The van der Waals surface area contributed by atoms with Gasteiger partial charge in [0.05, 0.1) is 6.42 Å². The number of fused-ring (bicyclic) bond motifs is 1.